The third-order valence-corrected chi connectivity index (χ3v) is 2.33. The average Bonchev–Trinajstić information content (AvgIpc) is 2.29. The number of nitrogens with one attached hydrogen (secondary N) is 1. The lowest BCUT2D eigenvalue weighted by Crippen LogP contribution is -2.22. The Morgan fingerprint density at radius 2 is 2.00 bits per heavy atom. The normalized spacial score (nSPS) is 10.5. The molecule has 2 rings (SSSR count). The zero-order valence-electron chi connectivity index (χ0n) is 7.45. The molecule has 0 spiro atoms. The van der Waals surface area contributed by atoms with E-state index in [2.05, 4.69) is 4.98 Å². The molecule has 0 aliphatic heterocycles. The van der Waals surface area contributed by atoms with Crippen molar-refractivity contribution >= 4 is 22.5 Å². The van der Waals surface area contributed by atoms with Gasteiger partial charge in [-0.05, 0) is 12.1 Å². The van der Waals surface area contributed by atoms with Crippen LogP contribution in [0.2, 0.25) is 5.02 Å². The Labute approximate surface area is 88.8 Å². The summed E-state index contributed by atoms with van der Waals surface area (Å²) in [6.07, 6.45) is 0. The fraction of sp³-hybridized carbons (Fsp3) is 0. The molecule has 0 amide bonds. The topological polar surface area (TPSA) is 70.2 Å². The van der Waals surface area contributed by atoms with Crippen molar-refractivity contribution in [1.29, 1.82) is 0 Å². The van der Waals surface area contributed by atoms with Crippen molar-refractivity contribution in [3.63, 3.8) is 0 Å². The van der Waals surface area contributed by atoms with Crippen molar-refractivity contribution in [2.75, 3.05) is 0 Å². The molecule has 1 aromatic carbocycles. The highest BCUT2D eigenvalue weighted by Gasteiger charge is 2.04. The largest absolute Gasteiger partial charge is 0.507 e. The van der Waals surface area contributed by atoms with Gasteiger partial charge in [-0.3, -0.25) is 9.59 Å². The number of hydrogen-bond donors (Lipinski definition) is 2. The van der Waals surface area contributed by atoms with E-state index in [-0.39, 0.29) is 16.3 Å². The Morgan fingerprint density at radius 3 is 2.73 bits per heavy atom. The molecular formula is C10H6ClNO3. The van der Waals surface area contributed by atoms with E-state index in [1.165, 1.54) is 0 Å². The summed E-state index contributed by atoms with van der Waals surface area (Å²) in [7, 11) is 0. The highest BCUT2D eigenvalue weighted by atomic mass is 35.5. The molecule has 0 unspecified atom stereocenters. The van der Waals surface area contributed by atoms with Crippen molar-refractivity contribution in [3.05, 3.63) is 49.9 Å². The van der Waals surface area contributed by atoms with Gasteiger partial charge in [0.25, 0.3) is 5.56 Å². The quantitative estimate of drug-likeness (QED) is 0.661. The van der Waals surface area contributed by atoms with Gasteiger partial charge in [0.1, 0.15) is 5.75 Å². The molecule has 0 atom stereocenters. The van der Waals surface area contributed by atoms with Gasteiger partial charge >= 0.3 is 0 Å². The second-order valence-corrected chi connectivity index (χ2v) is 3.42. The summed E-state index contributed by atoms with van der Waals surface area (Å²) in [6.45, 7) is 0. The minimum atomic E-state index is -0.812. The highest BCUT2D eigenvalue weighted by Crippen LogP contribution is 2.24. The summed E-state index contributed by atoms with van der Waals surface area (Å²) in [5.74, 6) is -0.268. The molecule has 2 N–H and O–H groups in total. The summed E-state index contributed by atoms with van der Waals surface area (Å²) in [5.41, 5.74) is -1.36. The molecule has 0 saturated carbocycles. The minimum absolute atomic E-state index is 0.253. The molecule has 5 heteroatoms. The molecule has 0 fully saturated rings. The van der Waals surface area contributed by atoms with Crippen LogP contribution in [-0.4, -0.2) is 10.1 Å². The summed E-state index contributed by atoms with van der Waals surface area (Å²) < 4.78 is 0. The Morgan fingerprint density at radius 1 is 1.27 bits per heavy atom. The van der Waals surface area contributed by atoms with Gasteiger partial charge in [0, 0.05) is 11.5 Å². The average molecular weight is 224 g/mol. The number of para-hydroxylation sites is 1. The number of hydrogen-bond acceptors (Lipinski definition) is 3. The molecule has 4 nitrogen and oxygen atoms in total. The number of fused-ring (bicyclic) bond motifs is 1. The summed E-state index contributed by atoms with van der Waals surface area (Å²) in [6, 6.07) is 5.61. The van der Waals surface area contributed by atoms with E-state index in [1.54, 1.807) is 18.2 Å². The van der Waals surface area contributed by atoms with Crippen molar-refractivity contribution in [3.8, 4) is 5.75 Å². The lowest BCUT2D eigenvalue weighted by atomic mass is 10.2. The lowest BCUT2D eigenvalue weighted by Gasteiger charge is -1.96. The van der Waals surface area contributed by atoms with Gasteiger partial charge in [0.15, 0.2) is 0 Å². The van der Waals surface area contributed by atoms with Crippen LogP contribution in [0.25, 0.3) is 10.9 Å². The van der Waals surface area contributed by atoms with Crippen LogP contribution in [0.3, 0.4) is 0 Å². The third-order valence-electron chi connectivity index (χ3n) is 2.02. The molecular weight excluding hydrogens is 218 g/mol. The van der Waals surface area contributed by atoms with Crippen LogP contribution in [0.1, 0.15) is 0 Å². The molecule has 0 saturated heterocycles. The van der Waals surface area contributed by atoms with E-state index in [0.717, 1.165) is 6.07 Å². The van der Waals surface area contributed by atoms with Gasteiger partial charge in [0.05, 0.1) is 10.5 Å². The van der Waals surface area contributed by atoms with Crippen LogP contribution >= 0.6 is 11.6 Å². The number of aromatic amines is 1. The second kappa shape index (κ2) is 3.40. The fourth-order valence-corrected chi connectivity index (χ4v) is 1.53. The number of aromatic nitrogens is 1. The van der Waals surface area contributed by atoms with Gasteiger partial charge in [-0.25, -0.2) is 0 Å². The van der Waals surface area contributed by atoms with Gasteiger partial charge in [0.2, 0.25) is 5.43 Å². The molecule has 0 radical (unpaired) electrons. The van der Waals surface area contributed by atoms with Crippen molar-refractivity contribution in [2.24, 2.45) is 0 Å². The molecule has 76 valence electrons. The first-order valence-corrected chi connectivity index (χ1v) is 4.52. The maximum atomic E-state index is 11.2. The predicted octanol–water partition coefficient (Wildman–Crippen LogP) is 1.25. The third kappa shape index (κ3) is 1.59. The van der Waals surface area contributed by atoms with Crippen molar-refractivity contribution in [1.82, 2.24) is 4.98 Å². The molecule has 1 heterocycles. The zero-order chi connectivity index (χ0) is 11.0. The van der Waals surface area contributed by atoms with E-state index in [1.807, 2.05) is 0 Å². The summed E-state index contributed by atoms with van der Waals surface area (Å²) in [4.78, 5) is 24.7. The molecule has 2 aromatic rings. The van der Waals surface area contributed by atoms with Crippen molar-refractivity contribution < 1.29 is 5.11 Å². The first kappa shape index (κ1) is 9.73. The number of halogens is 1. The van der Waals surface area contributed by atoms with Crippen LogP contribution in [0, 0.1) is 0 Å². The van der Waals surface area contributed by atoms with E-state index in [9.17, 15) is 14.7 Å². The highest BCUT2D eigenvalue weighted by molar-refractivity contribution is 6.35. The fourth-order valence-electron chi connectivity index (χ4n) is 1.31. The van der Waals surface area contributed by atoms with E-state index < -0.39 is 11.0 Å². The first-order chi connectivity index (χ1) is 7.09. The number of benzene rings is 1. The Hall–Kier alpha value is -1.81. The van der Waals surface area contributed by atoms with Crippen LogP contribution in [0.5, 0.6) is 5.75 Å². The van der Waals surface area contributed by atoms with Crippen molar-refractivity contribution in [2.45, 2.75) is 0 Å². The molecule has 1 aromatic heterocycles. The van der Waals surface area contributed by atoms with Gasteiger partial charge in [-0.1, -0.05) is 17.7 Å². The Kier molecular flexibility index (Phi) is 2.21. The van der Waals surface area contributed by atoms with Crippen LogP contribution < -0.4 is 11.0 Å². The second-order valence-electron chi connectivity index (χ2n) is 3.01. The predicted molar refractivity (Wildman–Crippen MR) is 57.5 cm³/mol. The maximum Gasteiger partial charge on any atom is 0.296 e. The van der Waals surface area contributed by atoms with Gasteiger partial charge in [-0.15, -0.1) is 0 Å². The Bertz CT molecular complexity index is 648. The number of rotatable bonds is 0. The zero-order valence-corrected chi connectivity index (χ0v) is 8.21. The van der Waals surface area contributed by atoms with E-state index in [0.29, 0.717) is 5.39 Å². The standard InChI is InChI=1S/C10H6ClNO3/c11-6-3-1-2-5-7(13)4-8(14)10(15)12-9(5)6/h1-4,13H,(H,12,14,15). The van der Waals surface area contributed by atoms with Crippen LogP contribution in [0.4, 0.5) is 0 Å². The lowest BCUT2D eigenvalue weighted by molar-refractivity contribution is 0.481. The summed E-state index contributed by atoms with van der Waals surface area (Å²) in [5, 5.41) is 10.2. The Balaban J connectivity index is 3.17. The molecule has 0 bridgehead atoms. The van der Waals surface area contributed by atoms with Gasteiger partial charge < -0.3 is 10.1 Å². The number of aromatic hydroxyl groups is 1. The minimum Gasteiger partial charge on any atom is -0.507 e. The van der Waals surface area contributed by atoms with E-state index >= 15 is 0 Å². The van der Waals surface area contributed by atoms with Crippen LogP contribution in [-0.2, 0) is 0 Å². The van der Waals surface area contributed by atoms with Crippen LogP contribution in [0.15, 0.2) is 33.9 Å². The molecule has 0 aliphatic rings. The SMILES string of the molecule is O=c1cc(O)c2cccc(Cl)c2[nH]c1=O. The van der Waals surface area contributed by atoms with E-state index in [4.69, 9.17) is 11.6 Å². The summed E-state index contributed by atoms with van der Waals surface area (Å²) >= 11 is 5.83. The molecule has 0 aliphatic carbocycles. The molecule has 15 heavy (non-hydrogen) atoms. The van der Waals surface area contributed by atoms with Gasteiger partial charge in [-0.2, -0.15) is 0 Å². The maximum absolute atomic E-state index is 11.2. The number of H-pyrrole nitrogens is 1. The smallest absolute Gasteiger partial charge is 0.296 e. The first-order valence-electron chi connectivity index (χ1n) is 4.14. The monoisotopic (exact) mass is 223 g/mol.